The number of amides is 1. The first-order valence-electron chi connectivity index (χ1n) is 5.45. The average molecular weight is 269 g/mol. The van der Waals surface area contributed by atoms with Crippen LogP contribution in [0.1, 0.15) is 20.3 Å². The molecule has 0 radical (unpaired) electrons. The highest BCUT2D eigenvalue weighted by atomic mass is 32.2. The molecule has 0 bridgehead atoms. The van der Waals surface area contributed by atoms with Gasteiger partial charge in [0, 0.05) is 6.42 Å². The van der Waals surface area contributed by atoms with Gasteiger partial charge in [-0.2, -0.15) is 0 Å². The Bertz CT molecular complexity index is 422. The van der Waals surface area contributed by atoms with E-state index in [2.05, 4.69) is 20.3 Å². The van der Waals surface area contributed by atoms with E-state index in [1.807, 2.05) is 0 Å². The molecule has 1 N–H and O–H groups in total. The summed E-state index contributed by atoms with van der Waals surface area (Å²) in [7, 11) is 1.34. The van der Waals surface area contributed by atoms with Gasteiger partial charge < -0.3 is 10.1 Å². The summed E-state index contributed by atoms with van der Waals surface area (Å²) < 4.78 is 4.61. The molecule has 1 aromatic heterocycles. The zero-order chi connectivity index (χ0) is 13.5. The largest absolute Gasteiger partial charge is 0.468 e. The first-order chi connectivity index (χ1) is 8.56. The van der Waals surface area contributed by atoms with E-state index < -0.39 is 0 Å². The van der Waals surface area contributed by atoms with Gasteiger partial charge in [-0.15, -0.1) is 10.2 Å². The van der Waals surface area contributed by atoms with Crippen molar-refractivity contribution in [1.29, 1.82) is 0 Å². The fraction of sp³-hybridized carbons (Fsp3) is 0.455. The van der Waals surface area contributed by atoms with Crippen LogP contribution in [0, 0.1) is 0 Å². The Balaban J connectivity index is 2.60. The minimum Gasteiger partial charge on any atom is -0.468 e. The molecule has 0 aromatic carbocycles. The molecule has 0 saturated heterocycles. The maximum Gasteiger partial charge on any atom is 0.318 e. The highest BCUT2D eigenvalue weighted by Gasteiger charge is 2.15. The van der Waals surface area contributed by atoms with E-state index in [1.165, 1.54) is 18.9 Å². The lowest BCUT2D eigenvalue weighted by molar-refractivity contribution is -0.139. The molecule has 0 aliphatic carbocycles. The molecule has 0 spiro atoms. The number of nitrogens with zero attached hydrogens (tertiary/aromatic N) is 2. The van der Waals surface area contributed by atoms with Crippen LogP contribution in [0.25, 0.3) is 0 Å². The highest BCUT2D eigenvalue weighted by molar-refractivity contribution is 8.00. The number of nitrogens with one attached hydrogen (secondary N) is 1. The third kappa shape index (κ3) is 4.33. The molecule has 1 unspecified atom stereocenters. The zero-order valence-corrected chi connectivity index (χ0v) is 11.3. The molecule has 0 saturated carbocycles. The maximum atomic E-state index is 11.2. The lowest BCUT2D eigenvalue weighted by atomic mass is 10.4. The fourth-order valence-electron chi connectivity index (χ4n) is 1.08. The second kappa shape index (κ2) is 6.95. The number of aromatic nitrogens is 2. The molecule has 1 atom stereocenters. The van der Waals surface area contributed by atoms with Crippen molar-refractivity contribution in [2.75, 3.05) is 12.4 Å². The zero-order valence-electron chi connectivity index (χ0n) is 10.5. The lowest BCUT2D eigenvalue weighted by Crippen LogP contribution is -2.15. The number of anilines is 1. The Kier molecular flexibility index (Phi) is 5.57. The van der Waals surface area contributed by atoms with E-state index in [1.54, 1.807) is 26.0 Å². The van der Waals surface area contributed by atoms with Crippen LogP contribution >= 0.6 is 11.8 Å². The average Bonchev–Trinajstić information content (AvgIpc) is 2.39. The van der Waals surface area contributed by atoms with Gasteiger partial charge in [0.15, 0.2) is 5.82 Å². The number of ether oxygens (including phenoxy) is 1. The normalized spacial score (nSPS) is 11.7. The van der Waals surface area contributed by atoms with Gasteiger partial charge in [0.05, 0.1) is 7.11 Å². The minimum atomic E-state index is -0.347. The van der Waals surface area contributed by atoms with Crippen LogP contribution < -0.4 is 5.32 Å². The number of hydrogen-bond donors (Lipinski definition) is 1. The Labute approximate surface area is 110 Å². The number of hydrogen-bond acceptors (Lipinski definition) is 6. The van der Waals surface area contributed by atoms with E-state index in [-0.39, 0.29) is 17.1 Å². The molecule has 0 fully saturated rings. The summed E-state index contributed by atoms with van der Waals surface area (Å²) in [5, 5.41) is 10.6. The van der Waals surface area contributed by atoms with Gasteiger partial charge in [0.2, 0.25) is 5.91 Å². The Morgan fingerprint density at radius 1 is 1.44 bits per heavy atom. The molecule has 1 heterocycles. The van der Waals surface area contributed by atoms with Crippen LogP contribution in [-0.2, 0) is 14.3 Å². The first-order valence-corrected chi connectivity index (χ1v) is 6.32. The van der Waals surface area contributed by atoms with Crippen molar-refractivity contribution in [3.8, 4) is 0 Å². The number of carbonyl (C=O) groups excluding carboxylic acids is 2. The molecule has 0 aliphatic rings. The molecule has 1 aromatic rings. The van der Waals surface area contributed by atoms with Crippen molar-refractivity contribution in [3.05, 3.63) is 12.1 Å². The lowest BCUT2D eigenvalue weighted by Gasteiger charge is -2.07. The number of rotatable bonds is 5. The number of thioether (sulfide) groups is 1. The molecule has 98 valence electrons. The summed E-state index contributed by atoms with van der Waals surface area (Å²) in [5.74, 6) is -0.0327. The number of methoxy groups -OCH3 is 1. The van der Waals surface area contributed by atoms with Gasteiger partial charge in [0.1, 0.15) is 10.3 Å². The van der Waals surface area contributed by atoms with Crippen molar-refractivity contribution >= 4 is 29.5 Å². The molecule has 18 heavy (non-hydrogen) atoms. The van der Waals surface area contributed by atoms with E-state index in [0.717, 1.165) is 0 Å². The summed E-state index contributed by atoms with van der Waals surface area (Å²) in [6, 6.07) is 3.34. The van der Waals surface area contributed by atoms with E-state index in [9.17, 15) is 9.59 Å². The van der Waals surface area contributed by atoms with Crippen molar-refractivity contribution < 1.29 is 14.3 Å². The van der Waals surface area contributed by atoms with E-state index in [4.69, 9.17) is 0 Å². The smallest absolute Gasteiger partial charge is 0.318 e. The van der Waals surface area contributed by atoms with Gasteiger partial charge >= 0.3 is 5.97 Å². The second-order valence-corrected chi connectivity index (χ2v) is 4.80. The Morgan fingerprint density at radius 2 is 2.17 bits per heavy atom. The van der Waals surface area contributed by atoms with Gasteiger partial charge in [0.25, 0.3) is 0 Å². The van der Waals surface area contributed by atoms with Crippen LogP contribution in [0.15, 0.2) is 17.2 Å². The summed E-state index contributed by atoms with van der Waals surface area (Å²) in [6.07, 6.45) is 0.386. The third-order valence-corrected chi connectivity index (χ3v) is 3.06. The number of carbonyl (C=O) groups is 2. The monoisotopic (exact) mass is 269 g/mol. The van der Waals surface area contributed by atoms with E-state index in [0.29, 0.717) is 17.3 Å². The number of esters is 1. The van der Waals surface area contributed by atoms with Crippen LogP contribution in [0.3, 0.4) is 0 Å². The van der Waals surface area contributed by atoms with Crippen molar-refractivity contribution in [3.63, 3.8) is 0 Å². The standard InChI is InChI=1S/C11H15N3O3S/c1-4-9(15)12-8-5-6-10(14-13-8)18-7(2)11(16)17-3/h5-7H,4H2,1-3H3,(H,12,13,15). The second-order valence-electron chi connectivity index (χ2n) is 3.44. The summed E-state index contributed by atoms with van der Waals surface area (Å²) in [4.78, 5) is 22.3. The Morgan fingerprint density at radius 3 is 2.67 bits per heavy atom. The molecule has 0 aliphatic heterocycles. The molecule has 6 nitrogen and oxygen atoms in total. The predicted octanol–water partition coefficient (Wildman–Crippen LogP) is 1.48. The maximum absolute atomic E-state index is 11.2. The predicted molar refractivity (Wildman–Crippen MR) is 68.3 cm³/mol. The summed E-state index contributed by atoms with van der Waals surface area (Å²) in [6.45, 7) is 3.48. The fourth-order valence-corrected chi connectivity index (χ4v) is 1.87. The van der Waals surface area contributed by atoms with Crippen LogP contribution in [-0.4, -0.2) is 34.4 Å². The van der Waals surface area contributed by atoms with Crippen molar-refractivity contribution in [1.82, 2.24) is 10.2 Å². The Hall–Kier alpha value is -1.63. The summed E-state index contributed by atoms with van der Waals surface area (Å²) >= 11 is 1.25. The SMILES string of the molecule is CCC(=O)Nc1ccc(SC(C)C(=O)OC)nn1. The third-order valence-electron chi connectivity index (χ3n) is 2.06. The molecular formula is C11H15N3O3S. The highest BCUT2D eigenvalue weighted by Crippen LogP contribution is 2.21. The molecular weight excluding hydrogens is 254 g/mol. The van der Waals surface area contributed by atoms with Crippen LogP contribution in [0.5, 0.6) is 0 Å². The first kappa shape index (κ1) is 14.4. The van der Waals surface area contributed by atoms with Gasteiger partial charge in [-0.1, -0.05) is 18.7 Å². The van der Waals surface area contributed by atoms with Gasteiger partial charge in [-0.05, 0) is 19.1 Å². The van der Waals surface area contributed by atoms with Crippen LogP contribution in [0.2, 0.25) is 0 Å². The molecule has 1 rings (SSSR count). The van der Waals surface area contributed by atoms with Crippen LogP contribution in [0.4, 0.5) is 5.82 Å². The minimum absolute atomic E-state index is 0.118. The topological polar surface area (TPSA) is 81.2 Å². The van der Waals surface area contributed by atoms with Gasteiger partial charge in [-0.3, -0.25) is 9.59 Å². The van der Waals surface area contributed by atoms with Crippen molar-refractivity contribution in [2.45, 2.75) is 30.5 Å². The van der Waals surface area contributed by atoms with E-state index >= 15 is 0 Å². The molecule has 7 heteroatoms. The van der Waals surface area contributed by atoms with Crippen molar-refractivity contribution in [2.24, 2.45) is 0 Å². The van der Waals surface area contributed by atoms with Gasteiger partial charge in [-0.25, -0.2) is 0 Å². The molecule has 1 amide bonds. The summed E-state index contributed by atoms with van der Waals surface area (Å²) in [5.41, 5.74) is 0. The quantitative estimate of drug-likeness (QED) is 0.644.